The summed E-state index contributed by atoms with van der Waals surface area (Å²) >= 11 is 1.27. The van der Waals surface area contributed by atoms with Gasteiger partial charge in [0.25, 0.3) is 5.91 Å². The Kier molecular flexibility index (Phi) is 5.60. The predicted octanol–water partition coefficient (Wildman–Crippen LogP) is 2.32. The van der Waals surface area contributed by atoms with Crippen LogP contribution < -0.4 is 16.2 Å². The third kappa shape index (κ3) is 3.88. The molecular weight excluding hydrogens is 364 g/mol. The molecule has 2 aromatic rings. The van der Waals surface area contributed by atoms with Gasteiger partial charge in [-0.25, -0.2) is 0 Å². The van der Waals surface area contributed by atoms with Crippen molar-refractivity contribution in [2.24, 2.45) is 17.6 Å². The SMILES string of the molecule is Cc1sc(NC(=O)[C@H]2CCCC[C@@H]2C(=O)[O-])c(C(N)=O)c1-c1ccccc1. The van der Waals surface area contributed by atoms with Crippen LogP contribution in [0, 0.1) is 18.8 Å². The fourth-order valence-corrected chi connectivity index (χ4v) is 4.84. The molecule has 7 heteroatoms. The van der Waals surface area contributed by atoms with E-state index in [4.69, 9.17) is 5.73 Å². The van der Waals surface area contributed by atoms with Crippen molar-refractivity contribution in [2.45, 2.75) is 32.6 Å². The Labute approximate surface area is 161 Å². The average Bonchev–Trinajstić information content (AvgIpc) is 2.98. The second-order valence-electron chi connectivity index (χ2n) is 6.77. The summed E-state index contributed by atoms with van der Waals surface area (Å²) in [5, 5.41) is 14.5. The molecule has 142 valence electrons. The molecule has 0 radical (unpaired) electrons. The van der Waals surface area contributed by atoms with E-state index < -0.39 is 29.6 Å². The quantitative estimate of drug-likeness (QED) is 0.822. The lowest BCUT2D eigenvalue weighted by molar-refractivity contribution is -0.313. The number of rotatable bonds is 5. The number of aliphatic carboxylic acids is 1. The first-order valence-electron chi connectivity index (χ1n) is 8.90. The first-order valence-corrected chi connectivity index (χ1v) is 9.72. The van der Waals surface area contributed by atoms with Crippen LogP contribution in [0.15, 0.2) is 30.3 Å². The van der Waals surface area contributed by atoms with Gasteiger partial charge in [-0.05, 0) is 25.3 Å². The van der Waals surface area contributed by atoms with Gasteiger partial charge < -0.3 is 21.0 Å². The Morgan fingerprint density at radius 2 is 1.74 bits per heavy atom. The van der Waals surface area contributed by atoms with Crippen LogP contribution in [0.25, 0.3) is 11.1 Å². The number of carbonyl (C=O) groups is 3. The van der Waals surface area contributed by atoms with Crippen molar-refractivity contribution >= 4 is 34.1 Å². The number of benzene rings is 1. The van der Waals surface area contributed by atoms with E-state index in [1.54, 1.807) is 0 Å². The maximum atomic E-state index is 12.8. The molecule has 0 bridgehead atoms. The Morgan fingerprint density at radius 3 is 2.33 bits per heavy atom. The number of aryl methyl sites for hydroxylation is 1. The molecular formula is C20H21N2O4S-. The number of amides is 2. The number of hydrogen-bond acceptors (Lipinski definition) is 5. The van der Waals surface area contributed by atoms with Gasteiger partial charge in [-0.15, -0.1) is 11.3 Å². The highest BCUT2D eigenvalue weighted by atomic mass is 32.1. The van der Waals surface area contributed by atoms with Gasteiger partial charge in [0.2, 0.25) is 5.91 Å². The monoisotopic (exact) mass is 385 g/mol. The van der Waals surface area contributed by atoms with Crippen LogP contribution >= 0.6 is 11.3 Å². The van der Waals surface area contributed by atoms with E-state index in [0.717, 1.165) is 23.3 Å². The number of thiophene rings is 1. The first kappa shape index (κ1) is 19.1. The van der Waals surface area contributed by atoms with Gasteiger partial charge >= 0.3 is 0 Å². The van der Waals surface area contributed by atoms with E-state index in [-0.39, 0.29) is 5.56 Å². The molecule has 1 heterocycles. The van der Waals surface area contributed by atoms with Crippen LogP contribution in [-0.4, -0.2) is 17.8 Å². The fraction of sp³-hybridized carbons (Fsp3) is 0.350. The lowest BCUT2D eigenvalue weighted by Crippen LogP contribution is -2.42. The van der Waals surface area contributed by atoms with Crippen LogP contribution in [0.5, 0.6) is 0 Å². The summed E-state index contributed by atoms with van der Waals surface area (Å²) in [4.78, 5) is 37.1. The molecule has 3 rings (SSSR count). The highest BCUT2D eigenvalue weighted by Gasteiger charge is 2.33. The molecule has 1 aromatic carbocycles. The van der Waals surface area contributed by atoms with E-state index in [2.05, 4.69) is 5.32 Å². The van der Waals surface area contributed by atoms with E-state index in [1.165, 1.54) is 11.3 Å². The van der Waals surface area contributed by atoms with Crippen molar-refractivity contribution < 1.29 is 19.5 Å². The highest BCUT2D eigenvalue weighted by molar-refractivity contribution is 7.17. The molecule has 2 atom stereocenters. The van der Waals surface area contributed by atoms with Crippen molar-refractivity contribution in [3.8, 4) is 11.1 Å². The zero-order chi connectivity index (χ0) is 19.6. The minimum atomic E-state index is -1.20. The molecule has 3 N–H and O–H groups in total. The fourth-order valence-electron chi connectivity index (χ4n) is 3.75. The van der Waals surface area contributed by atoms with E-state index in [0.29, 0.717) is 23.4 Å². The van der Waals surface area contributed by atoms with Gasteiger partial charge in [0.1, 0.15) is 5.00 Å². The molecule has 1 aliphatic rings. The minimum absolute atomic E-state index is 0.262. The second kappa shape index (κ2) is 7.92. The number of anilines is 1. The number of carboxylic acid groups (broad SMARTS) is 1. The summed E-state index contributed by atoms with van der Waals surface area (Å²) in [5.74, 6) is -3.68. The Balaban J connectivity index is 1.94. The largest absolute Gasteiger partial charge is 0.550 e. The first-order chi connectivity index (χ1) is 12.9. The summed E-state index contributed by atoms with van der Waals surface area (Å²) in [6.07, 6.45) is 2.49. The number of hydrogen-bond donors (Lipinski definition) is 2. The van der Waals surface area contributed by atoms with Crippen LogP contribution in [0.4, 0.5) is 5.00 Å². The number of nitrogens with two attached hydrogens (primary N) is 1. The Hall–Kier alpha value is -2.67. The Bertz CT molecular complexity index is 876. The van der Waals surface area contributed by atoms with E-state index in [1.807, 2.05) is 37.3 Å². The molecule has 1 saturated carbocycles. The molecule has 0 unspecified atom stereocenters. The third-order valence-electron chi connectivity index (χ3n) is 5.04. The summed E-state index contributed by atoms with van der Waals surface area (Å²) in [7, 11) is 0. The zero-order valence-electron chi connectivity index (χ0n) is 15.0. The smallest absolute Gasteiger partial charge is 0.252 e. The number of carbonyl (C=O) groups excluding carboxylic acids is 3. The highest BCUT2D eigenvalue weighted by Crippen LogP contribution is 2.40. The lowest BCUT2D eigenvalue weighted by atomic mass is 9.78. The zero-order valence-corrected chi connectivity index (χ0v) is 15.8. The van der Waals surface area contributed by atoms with Crippen LogP contribution in [0.2, 0.25) is 0 Å². The summed E-state index contributed by atoms with van der Waals surface area (Å²) < 4.78 is 0. The van der Waals surface area contributed by atoms with Crippen LogP contribution in [0.3, 0.4) is 0 Å². The molecule has 2 amide bonds. The molecule has 27 heavy (non-hydrogen) atoms. The summed E-state index contributed by atoms with van der Waals surface area (Å²) in [6, 6.07) is 9.35. The van der Waals surface area contributed by atoms with Crippen LogP contribution in [-0.2, 0) is 9.59 Å². The maximum absolute atomic E-state index is 12.8. The summed E-state index contributed by atoms with van der Waals surface area (Å²) in [5.41, 5.74) is 7.41. The van der Waals surface area contributed by atoms with Crippen molar-refractivity contribution in [3.05, 3.63) is 40.8 Å². The van der Waals surface area contributed by atoms with Gasteiger partial charge in [-0.2, -0.15) is 0 Å². The average molecular weight is 385 g/mol. The molecule has 0 saturated heterocycles. The van der Waals surface area contributed by atoms with Crippen molar-refractivity contribution in [1.29, 1.82) is 0 Å². The standard InChI is InChI=1S/C20H22N2O4S/c1-11-15(12-7-3-2-4-8-12)16(17(21)23)19(27-11)22-18(24)13-9-5-6-10-14(13)20(25)26/h2-4,7-8,13-14H,5-6,9-10H2,1H3,(H2,21,23)(H,22,24)(H,25,26)/p-1/t13-,14-/m0/s1. The second-order valence-corrected chi connectivity index (χ2v) is 8.00. The number of primary amides is 1. The third-order valence-corrected chi connectivity index (χ3v) is 6.06. The van der Waals surface area contributed by atoms with Crippen molar-refractivity contribution in [3.63, 3.8) is 0 Å². The van der Waals surface area contributed by atoms with Crippen molar-refractivity contribution in [1.82, 2.24) is 0 Å². The number of carboxylic acids is 1. The van der Waals surface area contributed by atoms with Gasteiger partial charge in [-0.3, -0.25) is 9.59 Å². The lowest BCUT2D eigenvalue weighted by Gasteiger charge is -2.31. The number of nitrogens with one attached hydrogen (secondary N) is 1. The predicted molar refractivity (Wildman–Crippen MR) is 102 cm³/mol. The van der Waals surface area contributed by atoms with Gasteiger partial charge in [-0.1, -0.05) is 43.2 Å². The topological polar surface area (TPSA) is 112 Å². The minimum Gasteiger partial charge on any atom is -0.550 e. The summed E-state index contributed by atoms with van der Waals surface area (Å²) in [6.45, 7) is 1.86. The molecule has 1 aromatic heterocycles. The molecule has 1 fully saturated rings. The van der Waals surface area contributed by atoms with Gasteiger partial charge in [0, 0.05) is 28.2 Å². The van der Waals surface area contributed by atoms with E-state index >= 15 is 0 Å². The van der Waals surface area contributed by atoms with Gasteiger partial charge in [0.05, 0.1) is 5.56 Å². The molecule has 0 spiro atoms. The van der Waals surface area contributed by atoms with Crippen LogP contribution in [0.1, 0.15) is 40.9 Å². The van der Waals surface area contributed by atoms with E-state index in [9.17, 15) is 19.5 Å². The van der Waals surface area contributed by atoms with Crippen molar-refractivity contribution in [2.75, 3.05) is 5.32 Å². The molecule has 1 aliphatic carbocycles. The molecule has 6 nitrogen and oxygen atoms in total. The maximum Gasteiger partial charge on any atom is 0.252 e. The van der Waals surface area contributed by atoms with Gasteiger partial charge in [0.15, 0.2) is 0 Å². The normalized spacial score (nSPS) is 19.4. The Morgan fingerprint density at radius 1 is 1.11 bits per heavy atom. The molecule has 0 aliphatic heterocycles.